The third-order valence-corrected chi connectivity index (χ3v) is 3.25. The maximum Gasteiger partial charge on any atom is 0.304 e. The van der Waals surface area contributed by atoms with Crippen LogP contribution in [0.1, 0.15) is 11.3 Å². The molecule has 0 atom stereocenters. The SMILES string of the molecule is C=CCOc1ccccc1CNCc1csc(=O)[nH]1. The van der Waals surface area contributed by atoms with Gasteiger partial charge in [-0.2, -0.15) is 0 Å². The molecule has 1 aromatic carbocycles. The number of aromatic nitrogens is 1. The van der Waals surface area contributed by atoms with E-state index in [9.17, 15) is 4.79 Å². The molecule has 19 heavy (non-hydrogen) atoms. The zero-order chi connectivity index (χ0) is 13.5. The number of hydrogen-bond acceptors (Lipinski definition) is 4. The Bertz CT molecular complexity index is 589. The molecule has 0 amide bonds. The third-order valence-electron chi connectivity index (χ3n) is 2.53. The van der Waals surface area contributed by atoms with E-state index in [0.717, 1.165) is 17.0 Å². The van der Waals surface area contributed by atoms with E-state index in [1.807, 2.05) is 29.6 Å². The zero-order valence-corrected chi connectivity index (χ0v) is 11.3. The normalized spacial score (nSPS) is 10.3. The van der Waals surface area contributed by atoms with Gasteiger partial charge in [-0.15, -0.1) is 0 Å². The van der Waals surface area contributed by atoms with E-state index in [4.69, 9.17) is 4.74 Å². The predicted molar refractivity (Wildman–Crippen MR) is 77.6 cm³/mol. The first-order chi connectivity index (χ1) is 9.29. The van der Waals surface area contributed by atoms with Crippen molar-refractivity contribution >= 4 is 11.3 Å². The molecule has 0 bridgehead atoms. The van der Waals surface area contributed by atoms with Gasteiger partial charge in [-0.25, -0.2) is 0 Å². The molecule has 0 aliphatic heterocycles. The van der Waals surface area contributed by atoms with Gasteiger partial charge in [0.05, 0.1) is 0 Å². The van der Waals surface area contributed by atoms with Crippen LogP contribution in [-0.4, -0.2) is 11.6 Å². The van der Waals surface area contributed by atoms with Crippen LogP contribution in [0.5, 0.6) is 5.75 Å². The molecule has 100 valence electrons. The Kier molecular flexibility index (Phi) is 4.94. The van der Waals surface area contributed by atoms with E-state index >= 15 is 0 Å². The number of nitrogens with one attached hydrogen (secondary N) is 2. The Balaban J connectivity index is 1.91. The van der Waals surface area contributed by atoms with Crippen LogP contribution in [0, 0.1) is 0 Å². The fourth-order valence-corrected chi connectivity index (χ4v) is 2.25. The summed E-state index contributed by atoms with van der Waals surface area (Å²) in [4.78, 5) is 13.7. The van der Waals surface area contributed by atoms with Gasteiger partial charge in [0, 0.05) is 29.7 Å². The van der Waals surface area contributed by atoms with Gasteiger partial charge < -0.3 is 15.0 Å². The molecular weight excluding hydrogens is 260 g/mol. The summed E-state index contributed by atoms with van der Waals surface area (Å²) >= 11 is 1.18. The van der Waals surface area contributed by atoms with Crippen molar-refractivity contribution in [3.63, 3.8) is 0 Å². The molecule has 0 fully saturated rings. The first-order valence-corrected chi connectivity index (χ1v) is 6.86. The van der Waals surface area contributed by atoms with Crippen LogP contribution in [0.4, 0.5) is 0 Å². The third kappa shape index (κ3) is 4.08. The van der Waals surface area contributed by atoms with Crippen molar-refractivity contribution in [3.8, 4) is 5.75 Å². The van der Waals surface area contributed by atoms with E-state index in [0.29, 0.717) is 19.7 Å². The van der Waals surface area contributed by atoms with Crippen molar-refractivity contribution in [1.82, 2.24) is 10.3 Å². The smallest absolute Gasteiger partial charge is 0.304 e. The molecule has 0 unspecified atom stereocenters. The summed E-state index contributed by atoms with van der Waals surface area (Å²) in [5.41, 5.74) is 1.99. The Hall–Kier alpha value is -1.85. The van der Waals surface area contributed by atoms with Crippen molar-refractivity contribution in [2.24, 2.45) is 0 Å². The summed E-state index contributed by atoms with van der Waals surface area (Å²) in [5.74, 6) is 0.855. The maximum atomic E-state index is 11.0. The highest BCUT2D eigenvalue weighted by Gasteiger charge is 2.02. The van der Waals surface area contributed by atoms with Gasteiger partial charge in [-0.1, -0.05) is 42.2 Å². The number of ether oxygens (including phenoxy) is 1. The lowest BCUT2D eigenvalue weighted by molar-refractivity contribution is 0.358. The first kappa shape index (κ1) is 13.6. The highest BCUT2D eigenvalue weighted by molar-refractivity contribution is 7.07. The molecule has 0 aliphatic rings. The highest BCUT2D eigenvalue weighted by Crippen LogP contribution is 2.17. The second kappa shape index (κ2) is 6.92. The van der Waals surface area contributed by atoms with Gasteiger partial charge in [0.1, 0.15) is 12.4 Å². The lowest BCUT2D eigenvalue weighted by Crippen LogP contribution is -2.14. The van der Waals surface area contributed by atoms with E-state index < -0.39 is 0 Å². The van der Waals surface area contributed by atoms with Crippen LogP contribution in [0.25, 0.3) is 0 Å². The summed E-state index contributed by atoms with van der Waals surface area (Å²) in [6.45, 7) is 5.45. The molecular formula is C14H16N2O2S. The van der Waals surface area contributed by atoms with Crippen LogP contribution < -0.4 is 14.9 Å². The second-order valence-corrected chi connectivity index (χ2v) is 4.83. The molecule has 0 saturated carbocycles. The Morgan fingerprint density at radius 2 is 2.21 bits per heavy atom. The highest BCUT2D eigenvalue weighted by atomic mass is 32.1. The molecule has 0 saturated heterocycles. The van der Waals surface area contributed by atoms with Gasteiger partial charge in [0.2, 0.25) is 0 Å². The van der Waals surface area contributed by atoms with E-state index in [1.54, 1.807) is 6.08 Å². The number of hydrogen-bond donors (Lipinski definition) is 2. The molecule has 0 spiro atoms. The van der Waals surface area contributed by atoms with Gasteiger partial charge in [0.15, 0.2) is 0 Å². The Morgan fingerprint density at radius 3 is 2.95 bits per heavy atom. The number of rotatable bonds is 7. The average Bonchev–Trinajstić information content (AvgIpc) is 2.83. The van der Waals surface area contributed by atoms with Crippen molar-refractivity contribution in [2.45, 2.75) is 13.1 Å². The molecule has 4 nitrogen and oxygen atoms in total. The van der Waals surface area contributed by atoms with Crippen molar-refractivity contribution in [1.29, 1.82) is 0 Å². The van der Waals surface area contributed by atoms with Crippen LogP contribution in [-0.2, 0) is 13.1 Å². The predicted octanol–water partition coefficient (Wildman–Crippen LogP) is 2.29. The molecule has 2 rings (SSSR count). The van der Waals surface area contributed by atoms with Crippen LogP contribution in [0.2, 0.25) is 0 Å². The largest absolute Gasteiger partial charge is 0.489 e. The lowest BCUT2D eigenvalue weighted by atomic mass is 10.2. The minimum Gasteiger partial charge on any atom is -0.489 e. The Morgan fingerprint density at radius 1 is 1.37 bits per heavy atom. The first-order valence-electron chi connectivity index (χ1n) is 5.98. The summed E-state index contributed by atoms with van der Waals surface area (Å²) in [5, 5.41) is 5.11. The van der Waals surface area contributed by atoms with E-state index in [-0.39, 0.29) is 4.87 Å². The molecule has 0 aliphatic carbocycles. The standard InChI is InChI=1S/C14H16N2O2S/c1-2-7-18-13-6-4-3-5-11(13)8-15-9-12-10-19-14(17)16-12/h2-6,10,15H,1,7-9H2,(H,16,17). The van der Waals surface area contributed by atoms with Gasteiger partial charge in [-0.3, -0.25) is 4.79 Å². The van der Waals surface area contributed by atoms with Crippen molar-refractivity contribution in [3.05, 3.63) is 63.2 Å². The monoisotopic (exact) mass is 276 g/mol. The molecule has 2 N–H and O–H groups in total. The quantitative estimate of drug-likeness (QED) is 0.763. The Labute approximate surface area is 115 Å². The molecule has 0 radical (unpaired) electrons. The minimum atomic E-state index is -0.0217. The second-order valence-electron chi connectivity index (χ2n) is 3.98. The van der Waals surface area contributed by atoms with Crippen LogP contribution in [0.15, 0.2) is 47.1 Å². The van der Waals surface area contributed by atoms with Gasteiger partial charge in [-0.05, 0) is 6.07 Å². The average molecular weight is 276 g/mol. The number of aromatic amines is 1. The number of H-pyrrole nitrogens is 1. The number of benzene rings is 1. The van der Waals surface area contributed by atoms with E-state index in [1.165, 1.54) is 11.3 Å². The van der Waals surface area contributed by atoms with Crippen molar-refractivity contribution < 1.29 is 4.74 Å². The summed E-state index contributed by atoms with van der Waals surface area (Å²) in [6.07, 6.45) is 1.72. The van der Waals surface area contributed by atoms with E-state index in [2.05, 4.69) is 16.9 Å². The van der Waals surface area contributed by atoms with Crippen LogP contribution >= 0.6 is 11.3 Å². The van der Waals surface area contributed by atoms with Crippen LogP contribution in [0.3, 0.4) is 0 Å². The molecule has 1 heterocycles. The lowest BCUT2D eigenvalue weighted by Gasteiger charge is -2.10. The number of thiazole rings is 1. The topological polar surface area (TPSA) is 54.1 Å². The maximum absolute atomic E-state index is 11.0. The zero-order valence-electron chi connectivity index (χ0n) is 10.5. The minimum absolute atomic E-state index is 0.0217. The van der Waals surface area contributed by atoms with Gasteiger partial charge >= 0.3 is 4.87 Å². The fraction of sp³-hybridized carbons (Fsp3) is 0.214. The summed E-state index contributed by atoms with van der Waals surface area (Å²) < 4.78 is 5.58. The molecule has 2 aromatic rings. The van der Waals surface area contributed by atoms with Crippen molar-refractivity contribution in [2.75, 3.05) is 6.61 Å². The fourth-order valence-electron chi connectivity index (χ4n) is 1.67. The van der Waals surface area contributed by atoms with Gasteiger partial charge in [0.25, 0.3) is 0 Å². The molecule has 5 heteroatoms. The number of para-hydroxylation sites is 1. The summed E-state index contributed by atoms with van der Waals surface area (Å²) in [7, 11) is 0. The molecule has 1 aromatic heterocycles. The summed E-state index contributed by atoms with van der Waals surface area (Å²) in [6, 6.07) is 7.87.